The Morgan fingerprint density at radius 3 is 2.50 bits per heavy atom. The van der Waals surface area contributed by atoms with Gasteiger partial charge in [-0.15, -0.1) is 0 Å². The third kappa shape index (κ3) is 2.58. The van der Waals surface area contributed by atoms with Gasteiger partial charge in [0.15, 0.2) is 0 Å². The molecule has 0 amide bonds. The highest BCUT2D eigenvalue weighted by Gasteiger charge is 2.09. The fourth-order valence-corrected chi connectivity index (χ4v) is 1.23. The van der Waals surface area contributed by atoms with Crippen LogP contribution in [0.2, 0.25) is 0 Å². The quantitative estimate of drug-likeness (QED) is 0.735. The lowest BCUT2D eigenvalue weighted by atomic mass is 10.1. The molecule has 4 nitrogen and oxygen atoms in total. The van der Waals surface area contributed by atoms with Crippen LogP contribution >= 0.6 is 0 Å². The van der Waals surface area contributed by atoms with Crippen LogP contribution in [-0.2, 0) is 6.42 Å². The maximum atomic E-state index is 5.16. The van der Waals surface area contributed by atoms with Gasteiger partial charge in [0.25, 0.3) is 0 Å². The number of methoxy groups -OCH3 is 2. The molecule has 1 heterocycles. The molecule has 0 saturated carbocycles. The third-order valence-corrected chi connectivity index (χ3v) is 1.81. The van der Waals surface area contributed by atoms with Crippen molar-refractivity contribution in [3.05, 3.63) is 11.8 Å². The first-order chi connectivity index (χ1) is 6.67. The number of hydrogen-bond acceptors (Lipinski definition) is 4. The standard InChI is InChI=1S/C10H16N2O2/c1-7(2)5-8-6-11-10(14-4)12-9(8)13-3/h6-7H,5H2,1-4H3. The van der Waals surface area contributed by atoms with Gasteiger partial charge in [-0.2, -0.15) is 4.98 Å². The second-order valence-electron chi connectivity index (χ2n) is 3.49. The monoisotopic (exact) mass is 196 g/mol. The first kappa shape index (κ1) is 10.8. The molecule has 0 aliphatic carbocycles. The van der Waals surface area contributed by atoms with Crippen molar-refractivity contribution in [3.8, 4) is 11.9 Å². The molecule has 0 radical (unpaired) electrons. The molecule has 78 valence electrons. The molecule has 14 heavy (non-hydrogen) atoms. The Morgan fingerprint density at radius 1 is 1.29 bits per heavy atom. The smallest absolute Gasteiger partial charge is 0.319 e. The Kier molecular flexibility index (Phi) is 3.68. The Bertz CT molecular complexity index is 300. The summed E-state index contributed by atoms with van der Waals surface area (Å²) in [5.74, 6) is 1.16. The molecule has 0 unspecified atom stereocenters. The van der Waals surface area contributed by atoms with Gasteiger partial charge < -0.3 is 9.47 Å². The van der Waals surface area contributed by atoms with Crippen molar-refractivity contribution in [2.45, 2.75) is 20.3 Å². The van der Waals surface area contributed by atoms with Crippen LogP contribution < -0.4 is 9.47 Å². The van der Waals surface area contributed by atoms with Gasteiger partial charge in [0.1, 0.15) is 0 Å². The zero-order valence-electron chi connectivity index (χ0n) is 9.07. The molecule has 0 aromatic carbocycles. The topological polar surface area (TPSA) is 44.2 Å². The van der Waals surface area contributed by atoms with E-state index in [1.54, 1.807) is 13.3 Å². The van der Waals surface area contributed by atoms with Gasteiger partial charge in [0.2, 0.25) is 5.88 Å². The predicted molar refractivity (Wildman–Crippen MR) is 53.7 cm³/mol. The highest BCUT2D eigenvalue weighted by atomic mass is 16.5. The molecular weight excluding hydrogens is 180 g/mol. The lowest BCUT2D eigenvalue weighted by Gasteiger charge is -2.09. The molecule has 1 rings (SSSR count). The average Bonchev–Trinajstić information content (AvgIpc) is 2.17. The zero-order chi connectivity index (χ0) is 10.6. The van der Waals surface area contributed by atoms with Gasteiger partial charge in [-0.25, -0.2) is 4.98 Å². The normalized spacial score (nSPS) is 10.4. The summed E-state index contributed by atoms with van der Waals surface area (Å²) in [6.07, 6.45) is 2.66. The summed E-state index contributed by atoms with van der Waals surface area (Å²) in [6.45, 7) is 4.29. The fraction of sp³-hybridized carbons (Fsp3) is 0.600. The number of aromatic nitrogens is 2. The van der Waals surface area contributed by atoms with Crippen LogP contribution in [0, 0.1) is 5.92 Å². The van der Waals surface area contributed by atoms with E-state index in [9.17, 15) is 0 Å². The van der Waals surface area contributed by atoms with Crippen molar-refractivity contribution in [2.75, 3.05) is 14.2 Å². The molecule has 0 N–H and O–H groups in total. The van der Waals surface area contributed by atoms with Crippen LogP contribution in [-0.4, -0.2) is 24.2 Å². The molecule has 0 aliphatic heterocycles. The van der Waals surface area contributed by atoms with Crippen LogP contribution in [0.15, 0.2) is 6.20 Å². The van der Waals surface area contributed by atoms with Crippen LogP contribution in [0.1, 0.15) is 19.4 Å². The van der Waals surface area contributed by atoms with Gasteiger partial charge in [-0.3, -0.25) is 0 Å². The van der Waals surface area contributed by atoms with Crippen molar-refractivity contribution in [2.24, 2.45) is 5.92 Å². The summed E-state index contributed by atoms with van der Waals surface area (Å²) in [5.41, 5.74) is 1.02. The maximum Gasteiger partial charge on any atom is 0.319 e. The van der Waals surface area contributed by atoms with E-state index < -0.39 is 0 Å². The summed E-state index contributed by atoms with van der Waals surface area (Å²) in [6, 6.07) is 0.342. The first-order valence-electron chi connectivity index (χ1n) is 4.61. The molecule has 0 atom stereocenters. The largest absolute Gasteiger partial charge is 0.481 e. The highest BCUT2D eigenvalue weighted by molar-refractivity contribution is 5.25. The van der Waals surface area contributed by atoms with Crippen LogP contribution in [0.3, 0.4) is 0 Å². The molecule has 1 aromatic heterocycles. The fourth-order valence-electron chi connectivity index (χ4n) is 1.23. The Morgan fingerprint density at radius 2 is 2.00 bits per heavy atom. The molecule has 4 heteroatoms. The van der Waals surface area contributed by atoms with Gasteiger partial charge >= 0.3 is 6.01 Å². The Hall–Kier alpha value is -1.32. The minimum atomic E-state index is 0.342. The molecule has 0 fully saturated rings. The highest BCUT2D eigenvalue weighted by Crippen LogP contribution is 2.19. The lowest BCUT2D eigenvalue weighted by Crippen LogP contribution is -2.02. The van der Waals surface area contributed by atoms with Crippen LogP contribution in [0.4, 0.5) is 0 Å². The van der Waals surface area contributed by atoms with Gasteiger partial charge in [-0.05, 0) is 12.3 Å². The minimum absolute atomic E-state index is 0.342. The van der Waals surface area contributed by atoms with Crippen LogP contribution in [0.25, 0.3) is 0 Å². The summed E-state index contributed by atoms with van der Waals surface area (Å²) in [5, 5.41) is 0. The van der Waals surface area contributed by atoms with Crippen molar-refractivity contribution < 1.29 is 9.47 Å². The molecule has 0 spiro atoms. The third-order valence-electron chi connectivity index (χ3n) is 1.81. The van der Waals surface area contributed by atoms with E-state index in [2.05, 4.69) is 23.8 Å². The van der Waals surface area contributed by atoms with Gasteiger partial charge in [0, 0.05) is 11.8 Å². The van der Waals surface area contributed by atoms with E-state index in [-0.39, 0.29) is 0 Å². The molecule has 1 aromatic rings. The second kappa shape index (κ2) is 4.79. The summed E-state index contributed by atoms with van der Waals surface area (Å²) in [4.78, 5) is 8.15. The van der Waals surface area contributed by atoms with Crippen molar-refractivity contribution in [1.29, 1.82) is 0 Å². The zero-order valence-corrected chi connectivity index (χ0v) is 9.07. The summed E-state index contributed by atoms with van der Waals surface area (Å²) in [7, 11) is 3.14. The number of ether oxygens (including phenoxy) is 2. The SMILES string of the molecule is COc1ncc(CC(C)C)c(OC)n1. The van der Waals surface area contributed by atoms with E-state index >= 15 is 0 Å². The Labute approximate surface area is 84.3 Å². The molecule has 0 aliphatic rings. The minimum Gasteiger partial charge on any atom is -0.481 e. The van der Waals surface area contributed by atoms with E-state index in [1.807, 2.05) is 0 Å². The number of hydrogen-bond donors (Lipinski definition) is 0. The van der Waals surface area contributed by atoms with Gasteiger partial charge in [0.05, 0.1) is 14.2 Å². The van der Waals surface area contributed by atoms with E-state index in [4.69, 9.17) is 9.47 Å². The van der Waals surface area contributed by atoms with E-state index in [0.717, 1.165) is 12.0 Å². The molecule has 0 bridgehead atoms. The van der Waals surface area contributed by atoms with E-state index in [1.165, 1.54) is 7.11 Å². The lowest BCUT2D eigenvalue weighted by molar-refractivity contribution is 0.347. The predicted octanol–water partition coefficient (Wildman–Crippen LogP) is 1.69. The maximum absolute atomic E-state index is 5.16. The first-order valence-corrected chi connectivity index (χ1v) is 4.61. The summed E-state index contributed by atoms with van der Waals surface area (Å²) >= 11 is 0. The average molecular weight is 196 g/mol. The molecular formula is C10H16N2O2. The van der Waals surface area contributed by atoms with E-state index in [0.29, 0.717) is 17.8 Å². The second-order valence-corrected chi connectivity index (χ2v) is 3.49. The van der Waals surface area contributed by atoms with Crippen molar-refractivity contribution in [3.63, 3.8) is 0 Å². The molecule has 0 saturated heterocycles. The van der Waals surface area contributed by atoms with Crippen molar-refractivity contribution in [1.82, 2.24) is 9.97 Å². The van der Waals surface area contributed by atoms with Crippen LogP contribution in [0.5, 0.6) is 11.9 Å². The number of nitrogens with zero attached hydrogens (tertiary/aromatic N) is 2. The van der Waals surface area contributed by atoms with Gasteiger partial charge in [-0.1, -0.05) is 13.8 Å². The number of rotatable bonds is 4. The summed E-state index contributed by atoms with van der Waals surface area (Å²) < 4.78 is 10.1. The van der Waals surface area contributed by atoms with Crippen molar-refractivity contribution >= 4 is 0 Å². The Balaban J connectivity index is 2.93.